The molecule has 1 N–H and O–H groups in total. The molecule has 0 aliphatic carbocycles. The average Bonchev–Trinajstić information content (AvgIpc) is 2.28. The van der Waals surface area contributed by atoms with Crippen molar-refractivity contribution >= 4 is 11.8 Å². The van der Waals surface area contributed by atoms with Gasteiger partial charge in [0.2, 0.25) is 0 Å². The highest BCUT2D eigenvalue weighted by Crippen LogP contribution is 2.37. The molecule has 0 saturated heterocycles. The summed E-state index contributed by atoms with van der Waals surface area (Å²) in [5, 5.41) is 3.69. The van der Waals surface area contributed by atoms with Gasteiger partial charge in [-0.3, -0.25) is 0 Å². The topological polar surface area (TPSA) is 12.0 Å². The van der Waals surface area contributed by atoms with E-state index in [2.05, 4.69) is 51.2 Å². The zero-order valence-electron chi connectivity index (χ0n) is 11.3. The molecule has 1 atom stereocenters. The van der Waals surface area contributed by atoms with Gasteiger partial charge in [-0.15, -0.1) is 11.8 Å². The number of hydrogen-bond acceptors (Lipinski definition) is 2. The molecule has 1 heterocycles. The summed E-state index contributed by atoms with van der Waals surface area (Å²) in [6, 6.07) is 8.10. The number of fused-ring (bicyclic) bond motifs is 1. The zero-order chi connectivity index (χ0) is 12.4. The van der Waals surface area contributed by atoms with Gasteiger partial charge in [-0.05, 0) is 35.3 Å². The van der Waals surface area contributed by atoms with Crippen molar-refractivity contribution in [2.45, 2.75) is 57.0 Å². The van der Waals surface area contributed by atoms with Gasteiger partial charge in [-0.25, -0.2) is 0 Å². The van der Waals surface area contributed by atoms with E-state index in [4.69, 9.17) is 0 Å². The minimum absolute atomic E-state index is 0.546. The van der Waals surface area contributed by atoms with Gasteiger partial charge < -0.3 is 5.32 Å². The van der Waals surface area contributed by atoms with E-state index >= 15 is 0 Å². The van der Waals surface area contributed by atoms with Gasteiger partial charge in [0.15, 0.2) is 0 Å². The van der Waals surface area contributed by atoms with Crippen LogP contribution in [0.15, 0.2) is 23.1 Å². The summed E-state index contributed by atoms with van der Waals surface area (Å²) in [7, 11) is 0. The molecule has 0 amide bonds. The summed E-state index contributed by atoms with van der Waals surface area (Å²) >= 11 is 2.00. The van der Waals surface area contributed by atoms with Crippen molar-refractivity contribution in [2.24, 2.45) is 0 Å². The molecule has 1 aromatic rings. The highest BCUT2D eigenvalue weighted by Gasteiger charge is 2.21. The third-order valence-corrected chi connectivity index (χ3v) is 4.40. The largest absolute Gasteiger partial charge is 0.308 e. The summed E-state index contributed by atoms with van der Waals surface area (Å²) in [6.45, 7) is 8.99. The van der Waals surface area contributed by atoms with Crippen molar-refractivity contribution in [2.75, 3.05) is 5.75 Å². The quantitative estimate of drug-likeness (QED) is 0.855. The predicted molar refractivity (Wildman–Crippen MR) is 76.9 cm³/mol. The molecule has 1 unspecified atom stereocenters. The highest BCUT2D eigenvalue weighted by molar-refractivity contribution is 7.99. The van der Waals surface area contributed by atoms with E-state index in [1.807, 2.05) is 11.8 Å². The lowest BCUT2D eigenvalue weighted by atomic mass is 9.96. The fourth-order valence-corrected chi connectivity index (χ4v) is 3.45. The Morgan fingerprint density at radius 1 is 1.24 bits per heavy atom. The summed E-state index contributed by atoms with van der Waals surface area (Å²) < 4.78 is 0. The van der Waals surface area contributed by atoms with Gasteiger partial charge in [0, 0.05) is 17.0 Å². The maximum atomic E-state index is 3.69. The molecular formula is C15H23NS. The van der Waals surface area contributed by atoms with E-state index in [0.29, 0.717) is 18.0 Å². The van der Waals surface area contributed by atoms with Crippen molar-refractivity contribution in [3.05, 3.63) is 29.3 Å². The fraction of sp³-hybridized carbons (Fsp3) is 0.600. The molecule has 0 saturated carbocycles. The molecule has 2 rings (SSSR count). The molecule has 1 aliphatic heterocycles. The molecule has 0 radical (unpaired) electrons. The number of thioether (sulfide) groups is 1. The first-order chi connectivity index (χ1) is 8.08. The molecule has 0 bridgehead atoms. The van der Waals surface area contributed by atoms with Crippen LogP contribution >= 0.6 is 11.8 Å². The Morgan fingerprint density at radius 3 is 2.65 bits per heavy atom. The number of hydrogen-bond donors (Lipinski definition) is 1. The summed E-state index contributed by atoms with van der Waals surface area (Å²) in [5.74, 6) is 1.85. The Labute approximate surface area is 109 Å². The first-order valence-electron chi connectivity index (χ1n) is 6.60. The molecular weight excluding hydrogens is 226 g/mol. The second-order valence-corrected chi connectivity index (χ2v) is 6.60. The number of rotatable bonds is 3. The molecule has 0 fully saturated rings. The van der Waals surface area contributed by atoms with Crippen LogP contribution in [0.3, 0.4) is 0 Å². The minimum atomic E-state index is 0.546. The molecule has 2 heteroatoms. The van der Waals surface area contributed by atoms with E-state index in [0.717, 1.165) is 0 Å². The molecule has 17 heavy (non-hydrogen) atoms. The monoisotopic (exact) mass is 249 g/mol. The summed E-state index contributed by atoms with van der Waals surface area (Å²) in [4.78, 5) is 1.47. The lowest BCUT2D eigenvalue weighted by Crippen LogP contribution is -2.30. The Balaban J connectivity index is 2.30. The van der Waals surface area contributed by atoms with E-state index in [1.54, 1.807) is 0 Å². The first-order valence-corrected chi connectivity index (χ1v) is 7.59. The lowest BCUT2D eigenvalue weighted by Gasteiger charge is -2.28. The molecule has 1 aliphatic rings. The second kappa shape index (κ2) is 5.45. The van der Waals surface area contributed by atoms with Crippen molar-refractivity contribution in [3.63, 3.8) is 0 Å². The normalized spacial score (nSPS) is 19.8. The van der Waals surface area contributed by atoms with Crippen molar-refractivity contribution in [1.29, 1.82) is 0 Å². The van der Waals surface area contributed by atoms with Crippen LogP contribution in [0.4, 0.5) is 0 Å². The van der Waals surface area contributed by atoms with E-state index in [-0.39, 0.29) is 0 Å². The van der Waals surface area contributed by atoms with E-state index < -0.39 is 0 Å². The summed E-state index contributed by atoms with van der Waals surface area (Å²) in [5.41, 5.74) is 2.97. The van der Waals surface area contributed by atoms with Gasteiger partial charge >= 0.3 is 0 Å². The molecule has 94 valence electrons. The third kappa shape index (κ3) is 3.05. The number of benzene rings is 1. The van der Waals surface area contributed by atoms with Crippen LogP contribution < -0.4 is 5.32 Å². The van der Waals surface area contributed by atoms with Crippen molar-refractivity contribution in [3.8, 4) is 0 Å². The van der Waals surface area contributed by atoms with Crippen LogP contribution in [0.25, 0.3) is 0 Å². The minimum Gasteiger partial charge on any atom is -0.308 e. The van der Waals surface area contributed by atoms with E-state index in [1.165, 1.54) is 28.2 Å². The fourth-order valence-electron chi connectivity index (χ4n) is 2.35. The molecule has 0 spiro atoms. The van der Waals surface area contributed by atoms with Crippen molar-refractivity contribution in [1.82, 2.24) is 5.32 Å². The van der Waals surface area contributed by atoms with Crippen LogP contribution in [-0.4, -0.2) is 11.8 Å². The van der Waals surface area contributed by atoms with Gasteiger partial charge in [-0.1, -0.05) is 39.8 Å². The van der Waals surface area contributed by atoms with E-state index in [9.17, 15) is 0 Å². The summed E-state index contributed by atoms with van der Waals surface area (Å²) in [6.07, 6.45) is 1.25. The van der Waals surface area contributed by atoms with Gasteiger partial charge in [0.1, 0.15) is 0 Å². The maximum Gasteiger partial charge on any atom is 0.0341 e. The van der Waals surface area contributed by atoms with Gasteiger partial charge in [0.05, 0.1) is 0 Å². The second-order valence-electron chi connectivity index (χ2n) is 5.46. The standard InChI is InChI=1S/C15H23NS/c1-10(2)12-5-6-15-13(9-12)14(7-8-17-15)16-11(3)4/h5-6,9-11,14,16H,7-8H2,1-4H3. The zero-order valence-corrected chi connectivity index (χ0v) is 12.1. The Hall–Kier alpha value is -0.470. The van der Waals surface area contributed by atoms with Gasteiger partial charge in [-0.2, -0.15) is 0 Å². The maximum absolute atomic E-state index is 3.69. The third-order valence-electron chi connectivity index (χ3n) is 3.27. The van der Waals surface area contributed by atoms with Gasteiger partial charge in [0.25, 0.3) is 0 Å². The van der Waals surface area contributed by atoms with Crippen molar-refractivity contribution < 1.29 is 0 Å². The van der Waals surface area contributed by atoms with Crippen LogP contribution in [0.5, 0.6) is 0 Å². The predicted octanol–water partition coefficient (Wildman–Crippen LogP) is 4.34. The SMILES string of the molecule is CC(C)NC1CCSc2ccc(C(C)C)cc21. The number of nitrogens with one attached hydrogen (secondary N) is 1. The molecule has 1 aromatic carbocycles. The Morgan fingerprint density at radius 2 is 2.00 bits per heavy atom. The van der Waals surface area contributed by atoms with Crippen LogP contribution in [0.2, 0.25) is 0 Å². The van der Waals surface area contributed by atoms with Crippen LogP contribution in [0.1, 0.15) is 57.2 Å². The Bertz CT molecular complexity index is 385. The smallest absolute Gasteiger partial charge is 0.0341 e. The highest BCUT2D eigenvalue weighted by atomic mass is 32.2. The van der Waals surface area contributed by atoms with Crippen LogP contribution in [0, 0.1) is 0 Å². The molecule has 0 aromatic heterocycles. The average molecular weight is 249 g/mol. The van der Waals surface area contributed by atoms with Crippen LogP contribution in [-0.2, 0) is 0 Å². The first kappa shape index (κ1) is 13.0. The molecule has 1 nitrogen and oxygen atoms in total. The lowest BCUT2D eigenvalue weighted by molar-refractivity contribution is 0.459. The Kier molecular flexibility index (Phi) is 4.16.